The van der Waals surface area contributed by atoms with E-state index in [9.17, 15) is 19.2 Å². The third kappa shape index (κ3) is 6.08. The quantitative estimate of drug-likeness (QED) is 0.611. The van der Waals surface area contributed by atoms with E-state index in [1.54, 1.807) is 6.92 Å². The fraction of sp³-hybridized carbons (Fsp3) is 0.765. The van der Waals surface area contributed by atoms with Gasteiger partial charge in [-0.1, -0.05) is 16.2 Å². The third-order valence-electron chi connectivity index (χ3n) is 4.68. The van der Waals surface area contributed by atoms with Crippen LogP contribution in [0.3, 0.4) is 0 Å². The zero-order valence-corrected chi connectivity index (χ0v) is 14.8. The van der Waals surface area contributed by atoms with Crippen LogP contribution in [-0.4, -0.2) is 22.9 Å². The van der Waals surface area contributed by atoms with Gasteiger partial charge in [-0.15, -0.1) is 0 Å². The molecule has 0 N–H and O–H groups in total. The summed E-state index contributed by atoms with van der Waals surface area (Å²) in [5.41, 5.74) is -0.0451. The van der Waals surface area contributed by atoms with Gasteiger partial charge < -0.3 is 4.79 Å². The molecule has 0 spiro atoms. The first-order valence-electron chi connectivity index (χ1n) is 8.18. The number of carbonyl (C=O) groups excluding carboxylic acids is 4. The Bertz CT molecular complexity index is 444. The molecule has 0 radical (unpaired) electrons. The topological polar surface area (TPSA) is 68.3 Å². The predicted octanol–water partition coefficient (Wildman–Crippen LogP) is 3.12. The number of hydrogen-bond acceptors (Lipinski definition) is 4. The first-order valence-corrected chi connectivity index (χ1v) is 8.76. The van der Waals surface area contributed by atoms with E-state index >= 15 is 0 Å². The van der Waals surface area contributed by atoms with Crippen molar-refractivity contribution in [2.75, 3.05) is 0 Å². The minimum absolute atomic E-state index is 0.00300. The van der Waals surface area contributed by atoms with Gasteiger partial charge in [-0.3, -0.25) is 14.4 Å². The van der Waals surface area contributed by atoms with E-state index in [2.05, 4.69) is 9.24 Å². The molecule has 0 heterocycles. The predicted molar refractivity (Wildman–Crippen MR) is 88.5 cm³/mol. The zero-order valence-electron chi connectivity index (χ0n) is 13.6. The van der Waals surface area contributed by atoms with Gasteiger partial charge in [0.15, 0.2) is 0 Å². The van der Waals surface area contributed by atoms with E-state index in [1.807, 2.05) is 6.92 Å². The van der Waals surface area contributed by atoms with Crippen LogP contribution in [0.2, 0.25) is 0 Å². The Morgan fingerprint density at radius 3 is 2.23 bits per heavy atom. The highest BCUT2D eigenvalue weighted by atomic mass is 31.0. The standard InChI is InChI=1S/C17H27O4P/c1-3-15(19)14-7-6-13(16(20)8-9-17(21)22)10-12(14)5-4-11(2)18/h12-14H,3-10,22H2,1-2H3. The third-order valence-corrected chi connectivity index (χ3v) is 4.97. The Hall–Kier alpha value is -0.890. The first kappa shape index (κ1) is 19.2. The molecule has 5 heteroatoms. The van der Waals surface area contributed by atoms with E-state index in [0.29, 0.717) is 32.1 Å². The van der Waals surface area contributed by atoms with Crippen LogP contribution in [0, 0.1) is 17.8 Å². The second kappa shape index (κ2) is 9.29. The lowest BCUT2D eigenvalue weighted by atomic mass is 9.68. The molecule has 0 aromatic rings. The number of carbonyl (C=O) groups is 4. The Balaban J connectivity index is 2.67. The lowest BCUT2D eigenvalue weighted by Gasteiger charge is -2.34. The van der Waals surface area contributed by atoms with Gasteiger partial charge in [0.2, 0.25) is 0 Å². The SMILES string of the molecule is CCC(=O)C1CCC(C(=O)CCC(=O)P)CC1CCC(C)=O. The molecule has 124 valence electrons. The van der Waals surface area contributed by atoms with Crippen molar-refractivity contribution in [3.05, 3.63) is 0 Å². The molecule has 0 aliphatic heterocycles. The Labute approximate surface area is 135 Å². The minimum Gasteiger partial charge on any atom is -0.300 e. The van der Waals surface area contributed by atoms with E-state index < -0.39 is 0 Å². The van der Waals surface area contributed by atoms with Crippen LogP contribution in [0.4, 0.5) is 0 Å². The monoisotopic (exact) mass is 326 g/mol. The maximum absolute atomic E-state index is 12.2. The van der Waals surface area contributed by atoms with E-state index in [-0.39, 0.29) is 47.0 Å². The summed E-state index contributed by atoms with van der Waals surface area (Å²) >= 11 is 0. The van der Waals surface area contributed by atoms with Gasteiger partial charge in [0.05, 0.1) is 0 Å². The summed E-state index contributed by atoms with van der Waals surface area (Å²) in [5.74, 6) is 0.583. The van der Waals surface area contributed by atoms with Crippen LogP contribution >= 0.6 is 9.24 Å². The van der Waals surface area contributed by atoms with Crippen LogP contribution in [0.5, 0.6) is 0 Å². The molecule has 0 aromatic heterocycles. The number of rotatable bonds is 9. The summed E-state index contributed by atoms with van der Waals surface area (Å²) in [6, 6.07) is 0. The summed E-state index contributed by atoms with van der Waals surface area (Å²) in [7, 11) is 2.10. The van der Waals surface area contributed by atoms with Crippen molar-refractivity contribution in [2.45, 2.75) is 65.2 Å². The normalized spacial score (nSPS) is 24.8. The van der Waals surface area contributed by atoms with Crippen LogP contribution < -0.4 is 0 Å². The molecule has 1 rings (SSSR count). The smallest absolute Gasteiger partial charge is 0.148 e. The highest BCUT2D eigenvalue weighted by Crippen LogP contribution is 2.38. The van der Waals surface area contributed by atoms with Crippen molar-refractivity contribution in [2.24, 2.45) is 17.8 Å². The van der Waals surface area contributed by atoms with Crippen molar-refractivity contribution < 1.29 is 19.2 Å². The number of ketones is 3. The van der Waals surface area contributed by atoms with Crippen molar-refractivity contribution in [1.29, 1.82) is 0 Å². The molecule has 0 bridgehead atoms. The van der Waals surface area contributed by atoms with Crippen LogP contribution in [0.15, 0.2) is 0 Å². The summed E-state index contributed by atoms with van der Waals surface area (Å²) in [6.07, 6.45) is 4.40. The molecule has 1 saturated carbocycles. The summed E-state index contributed by atoms with van der Waals surface area (Å²) in [4.78, 5) is 46.5. The molecule has 4 nitrogen and oxygen atoms in total. The van der Waals surface area contributed by atoms with Gasteiger partial charge in [-0.2, -0.15) is 0 Å². The maximum atomic E-state index is 12.2. The lowest BCUT2D eigenvalue weighted by molar-refractivity contribution is -0.131. The molecule has 0 saturated heterocycles. The molecule has 1 fully saturated rings. The summed E-state index contributed by atoms with van der Waals surface area (Å²) in [6.45, 7) is 3.43. The minimum atomic E-state index is -0.0535. The lowest BCUT2D eigenvalue weighted by Crippen LogP contribution is -2.33. The molecule has 0 aromatic carbocycles. The van der Waals surface area contributed by atoms with Crippen molar-refractivity contribution >= 4 is 32.1 Å². The van der Waals surface area contributed by atoms with Crippen LogP contribution in [0.25, 0.3) is 0 Å². The first-order chi connectivity index (χ1) is 10.3. The average molecular weight is 326 g/mol. The zero-order chi connectivity index (χ0) is 16.7. The van der Waals surface area contributed by atoms with E-state index in [0.717, 1.165) is 12.8 Å². The van der Waals surface area contributed by atoms with Crippen LogP contribution in [-0.2, 0) is 19.2 Å². The largest absolute Gasteiger partial charge is 0.300 e. The summed E-state index contributed by atoms with van der Waals surface area (Å²) < 4.78 is 0. The van der Waals surface area contributed by atoms with Gasteiger partial charge in [-0.05, 0) is 38.5 Å². The highest BCUT2D eigenvalue weighted by molar-refractivity contribution is 7.40. The summed E-state index contributed by atoms with van der Waals surface area (Å²) in [5, 5.41) is 0. The Morgan fingerprint density at radius 2 is 1.68 bits per heavy atom. The molecular weight excluding hydrogens is 299 g/mol. The molecule has 4 unspecified atom stereocenters. The van der Waals surface area contributed by atoms with E-state index in [1.165, 1.54) is 0 Å². The molecule has 1 aliphatic carbocycles. The fourth-order valence-corrected chi connectivity index (χ4v) is 3.55. The van der Waals surface area contributed by atoms with Crippen molar-refractivity contribution in [1.82, 2.24) is 0 Å². The second-order valence-electron chi connectivity index (χ2n) is 6.37. The Morgan fingerprint density at radius 1 is 1.00 bits per heavy atom. The number of Topliss-reactive ketones (excluding diaryl/α,β-unsaturated/α-hetero) is 3. The second-order valence-corrected chi connectivity index (χ2v) is 7.01. The number of hydrogen-bond donors (Lipinski definition) is 0. The van der Waals surface area contributed by atoms with Crippen molar-refractivity contribution in [3.8, 4) is 0 Å². The molecule has 0 amide bonds. The van der Waals surface area contributed by atoms with E-state index in [4.69, 9.17) is 0 Å². The Kier molecular flexibility index (Phi) is 8.09. The van der Waals surface area contributed by atoms with Gasteiger partial charge in [0.25, 0.3) is 0 Å². The molecular formula is C17H27O4P. The molecule has 22 heavy (non-hydrogen) atoms. The van der Waals surface area contributed by atoms with Gasteiger partial charge in [0, 0.05) is 37.5 Å². The average Bonchev–Trinajstić information content (AvgIpc) is 2.49. The maximum Gasteiger partial charge on any atom is 0.148 e. The van der Waals surface area contributed by atoms with Gasteiger partial charge >= 0.3 is 0 Å². The van der Waals surface area contributed by atoms with Gasteiger partial charge in [-0.25, -0.2) is 0 Å². The fourth-order valence-electron chi connectivity index (χ4n) is 3.40. The van der Waals surface area contributed by atoms with Gasteiger partial charge in [0.1, 0.15) is 22.9 Å². The van der Waals surface area contributed by atoms with Crippen LogP contribution in [0.1, 0.15) is 65.2 Å². The highest BCUT2D eigenvalue weighted by Gasteiger charge is 2.36. The van der Waals surface area contributed by atoms with Crippen molar-refractivity contribution in [3.63, 3.8) is 0 Å². The molecule has 4 atom stereocenters. The molecule has 1 aliphatic rings.